The van der Waals surface area contributed by atoms with E-state index in [2.05, 4.69) is 5.32 Å². The van der Waals surface area contributed by atoms with Crippen LogP contribution in [0, 0.1) is 0 Å². The van der Waals surface area contributed by atoms with Crippen LogP contribution in [-0.4, -0.2) is 44.2 Å². The molecule has 16 heavy (non-hydrogen) atoms. The van der Waals surface area contributed by atoms with Gasteiger partial charge in [0, 0.05) is 12.1 Å². The average molecular weight is 249 g/mol. The molecule has 1 fully saturated rings. The molecule has 0 saturated carbocycles. The highest BCUT2D eigenvalue weighted by Crippen LogP contribution is 2.22. The molecule has 0 amide bonds. The second-order valence-electron chi connectivity index (χ2n) is 5.79. The average Bonchev–Trinajstić information content (AvgIpc) is 2.34. The lowest BCUT2D eigenvalue weighted by Crippen LogP contribution is -2.45. The van der Waals surface area contributed by atoms with Crippen LogP contribution in [0.1, 0.15) is 34.1 Å². The Morgan fingerprint density at radius 3 is 2.44 bits per heavy atom. The van der Waals surface area contributed by atoms with Crippen molar-refractivity contribution >= 4 is 9.84 Å². The van der Waals surface area contributed by atoms with Gasteiger partial charge in [0.25, 0.3) is 0 Å². The van der Waals surface area contributed by atoms with Crippen LogP contribution in [0.3, 0.4) is 0 Å². The Balaban J connectivity index is 2.29. The van der Waals surface area contributed by atoms with E-state index in [0.717, 1.165) is 0 Å². The van der Waals surface area contributed by atoms with Crippen LogP contribution in [0.2, 0.25) is 0 Å². The summed E-state index contributed by atoms with van der Waals surface area (Å²) >= 11 is 0. The maximum atomic E-state index is 11.4. The van der Waals surface area contributed by atoms with E-state index in [-0.39, 0.29) is 16.9 Å². The molecule has 96 valence electrons. The quantitative estimate of drug-likeness (QED) is 0.754. The summed E-state index contributed by atoms with van der Waals surface area (Å²) in [5.74, 6) is 0.548. The van der Waals surface area contributed by atoms with Crippen molar-refractivity contribution in [2.45, 2.75) is 45.3 Å². The van der Waals surface area contributed by atoms with Gasteiger partial charge in [-0.1, -0.05) is 0 Å². The van der Waals surface area contributed by atoms with Crippen LogP contribution in [0.25, 0.3) is 0 Å². The van der Waals surface area contributed by atoms with Crippen molar-refractivity contribution in [1.29, 1.82) is 0 Å². The van der Waals surface area contributed by atoms with E-state index in [0.29, 0.717) is 25.3 Å². The van der Waals surface area contributed by atoms with E-state index in [1.807, 2.05) is 27.7 Å². The molecule has 1 heterocycles. The summed E-state index contributed by atoms with van der Waals surface area (Å²) in [6.07, 6.45) is 0.699. The van der Waals surface area contributed by atoms with Crippen molar-refractivity contribution in [3.8, 4) is 0 Å². The lowest BCUT2D eigenvalue weighted by atomic mass is 10.0. The molecule has 0 aromatic rings. The zero-order chi connectivity index (χ0) is 12.4. The number of hydrogen-bond donors (Lipinski definition) is 1. The van der Waals surface area contributed by atoms with Crippen LogP contribution < -0.4 is 5.32 Å². The fourth-order valence-corrected chi connectivity index (χ4v) is 3.98. The van der Waals surface area contributed by atoms with E-state index >= 15 is 0 Å². The molecule has 0 bridgehead atoms. The van der Waals surface area contributed by atoms with Crippen LogP contribution in [-0.2, 0) is 14.6 Å². The van der Waals surface area contributed by atoms with Gasteiger partial charge in [-0.3, -0.25) is 0 Å². The monoisotopic (exact) mass is 249 g/mol. The van der Waals surface area contributed by atoms with Gasteiger partial charge in [0.15, 0.2) is 9.84 Å². The second-order valence-corrected chi connectivity index (χ2v) is 7.97. The second kappa shape index (κ2) is 4.63. The first-order valence-electron chi connectivity index (χ1n) is 5.71. The SMILES string of the molecule is CC1(NCCOC(C)(C)C)CCS(=O)(=O)C1. The van der Waals surface area contributed by atoms with E-state index in [1.54, 1.807) is 0 Å². The Labute approximate surface area is 98.7 Å². The summed E-state index contributed by atoms with van der Waals surface area (Å²) in [6.45, 7) is 9.30. The van der Waals surface area contributed by atoms with Gasteiger partial charge in [0.2, 0.25) is 0 Å². The van der Waals surface area contributed by atoms with Gasteiger partial charge >= 0.3 is 0 Å². The van der Waals surface area contributed by atoms with Crippen molar-refractivity contribution in [3.05, 3.63) is 0 Å². The molecule has 1 aliphatic heterocycles. The maximum absolute atomic E-state index is 11.4. The Morgan fingerprint density at radius 2 is 2.00 bits per heavy atom. The molecule has 1 saturated heterocycles. The summed E-state index contributed by atoms with van der Waals surface area (Å²) in [5.41, 5.74) is -0.398. The highest BCUT2D eigenvalue weighted by atomic mass is 32.2. The van der Waals surface area contributed by atoms with Crippen LogP contribution in [0.15, 0.2) is 0 Å². The first-order chi connectivity index (χ1) is 7.12. The Hall–Kier alpha value is -0.130. The number of rotatable bonds is 4. The number of sulfone groups is 1. The van der Waals surface area contributed by atoms with Crippen LogP contribution in [0.4, 0.5) is 0 Å². The maximum Gasteiger partial charge on any atom is 0.152 e. The van der Waals surface area contributed by atoms with Gasteiger partial charge in [-0.05, 0) is 34.1 Å². The molecule has 0 spiro atoms. The van der Waals surface area contributed by atoms with Gasteiger partial charge < -0.3 is 10.1 Å². The zero-order valence-electron chi connectivity index (χ0n) is 10.7. The number of hydrogen-bond acceptors (Lipinski definition) is 4. The van der Waals surface area contributed by atoms with Gasteiger partial charge in [-0.15, -0.1) is 0 Å². The summed E-state index contributed by atoms with van der Waals surface area (Å²) in [6, 6.07) is 0. The van der Waals surface area contributed by atoms with E-state index in [4.69, 9.17) is 4.74 Å². The molecule has 5 heteroatoms. The summed E-state index contributed by atoms with van der Waals surface area (Å²) in [5, 5.41) is 3.28. The Kier molecular flexibility index (Phi) is 4.03. The van der Waals surface area contributed by atoms with E-state index < -0.39 is 9.84 Å². The molecule has 1 aliphatic rings. The number of nitrogens with one attached hydrogen (secondary N) is 1. The minimum absolute atomic E-state index is 0.135. The normalized spacial score (nSPS) is 29.5. The topological polar surface area (TPSA) is 55.4 Å². The lowest BCUT2D eigenvalue weighted by Gasteiger charge is -2.26. The van der Waals surface area contributed by atoms with Crippen LogP contribution >= 0.6 is 0 Å². The lowest BCUT2D eigenvalue weighted by molar-refractivity contribution is -0.00271. The third-order valence-corrected chi connectivity index (χ3v) is 4.60. The minimum atomic E-state index is -2.82. The van der Waals surface area contributed by atoms with E-state index in [9.17, 15) is 8.42 Å². The molecule has 1 unspecified atom stereocenters. The highest BCUT2D eigenvalue weighted by Gasteiger charge is 2.37. The predicted octanol–water partition coefficient (Wildman–Crippen LogP) is 0.968. The first kappa shape index (κ1) is 13.9. The molecule has 1 atom stereocenters. The van der Waals surface area contributed by atoms with Gasteiger partial charge in [-0.25, -0.2) is 8.42 Å². The summed E-state index contributed by atoms with van der Waals surface area (Å²) in [4.78, 5) is 0. The molecule has 0 aromatic heterocycles. The minimum Gasteiger partial charge on any atom is -0.375 e. The summed E-state index contributed by atoms with van der Waals surface area (Å²) in [7, 11) is -2.82. The Bertz CT molecular complexity index is 332. The van der Waals surface area contributed by atoms with Crippen molar-refractivity contribution in [2.75, 3.05) is 24.7 Å². The largest absolute Gasteiger partial charge is 0.375 e. The van der Waals surface area contributed by atoms with Crippen molar-refractivity contribution in [3.63, 3.8) is 0 Å². The molecule has 4 nitrogen and oxygen atoms in total. The fourth-order valence-electron chi connectivity index (χ4n) is 1.86. The van der Waals surface area contributed by atoms with E-state index in [1.165, 1.54) is 0 Å². The standard InChI is InChI=1S/C11H23NO3S/c1-10(2,3)15-7-6-12-11(4)5-8-16(13,14)9-11/h12H,5-9H2,1-4H3. The van der Waals surface area contributed by atoms with Gasteiger partial charge in [0.1, 0.15) is 0 Å². The third-order valence-electron chi connectivity index (χ3n) is 2.69. The number of ether oxygens (including phenoxy) is 1. The first-order valence-corrected chi connectivity index (χ1v) is 7.54. The molecular weight excluding hydrogens is 226 g/mol. The molecule has 0 aliphatic carbocycles. The highest BCUT2D eigenvalue weighted by molar-refractivity contribution is 7.91. The molecular formula is C11H23NO3S. The third kappa shape index (κ3) is 4.80. The zero-order valence-corrected chi connectivity index (χ0v) is 11.5. The molecule has 0 aromatic carbocycles. The van der Waals surface area contributed by atoms with Crippen LogP contribution in [0.5, 0.6) is 0 Å². The molecule has 1 N–H and O–H groups in total. The Morgan fingerprint density at radius 1 is 1.38 bits per heavy atom. The van der Waals surface area contributed by atoms with Gasteiger partial charge in [-0.2, -0.15) is 0 Å². The molecule has 0 radical (unpaired) electrons. The molecule has 1 rings (SSSR count). The van der Waals surface area contributed by atoms with Crippen molar-refractivity contribution in [1.82, 2.24) is 5.32 Å². The smallest absolute Gasteiger partial charge is 0.152 e. The van der Waals surface area contributed by atoms with Crippen molar-refractivity contribution < 1.29 is 13.2 Å². The van der Waals surface area contributed by atoms with Crippen molar-refractivity contribution in [2.24, 2.45) is 0 Å². The predicted molar refractivity (Wildman–Crippen MR) is 65.4 cm³/mol. The van der Waals surface area contributed by atoms with Gasteiger partial charge in [0.05, 0.1) is 23.7 Å². The summed E-state index contributed by atoms with van der Waals surface area (Å²) < 4.78 is 28.3. The fraction of sp³-hybridized carbons (Fsp3) is 1.00.